The highest BCUT2D eigenvalue weighted by Gasteiger charge is 2.27. The van der Waals surface area contributed by atoms with E-state index >= 15 is 0 Å². The van der Waals surface area contributed by atoms with E-state index in [0.29, 0.717) is 11.3 Å². The molecule has 1 saturated heterocycles. The zero-order valence-corrected chi connectivity index (χ0v) is 15.3. The summed E-state index contributed by atoms with van der Waals surface area (Å²) in [5.41, 5.74) is 0.183. The van der Waals surface area contributed by atoms with E-state index in [0.717, 1.165) is 0 Å². The van der Waals surface area contributed by atoms with Crippen LogP contribution in [0.3, 0.4) is 0 Å². The van der Waals surface area contributed by atoms with Crippen LogP contribution < -0.4 is 19.6 Å². The van der Waals surface area contributed by atoms with Crippen molar-refractivity contribution in [1.82, 2.24) is 10.6 Å². The van der Waals surface area contributed by atoms with Gasteiger partial charge in [0.2, 0.25) is 0 Å². The molecule has 1 heterocycles. The Balaban J connectivity index is 1.77. The Hall–Kier alpha value is -3.66. The van der Waals surface area contributed by atoms with Crippen LogP contribution in [0.5, 0.6) is 11.5 Å². The van der Waals surface area contributed by atoms with E-state index in [1.165, 1.54) is 61.7 Å². The molecule has 1 aliphatic heterocycles. The van der Waals surface area contributed by atoms with Crippen LogP contribution in [-0.4, -0.2) is 33.4 Å². The van der Waals surface area contributed by atoms with Gasteiger partial charge < -0.3 is 8.92 Å². The molecule has 1 aliphatic rings. The molecule has 2 aromatic carbocycles. The molecule has 0 aliphatic carbocycles. The Kier molecular flexibility index (Phi) is 5.14. The molecule has 10 heteroatoms. The van der Waals surface area contributed by atoms with Crippen LogP contribution in [0.15, 0.2) is 59.0 Å². The monoisotopic (exact) mass is 402 g/mol. The number of barbiturate groups is 1. The molecule has 4 amide bonds. The highest BCUT2D eigenvalue weighted by Crippen LogP contribution is 2.22. The average molecular weight is 402 g/mol. The van der Waals surface area contributed by atoms with Crippen LogP contribution in [0.1, 0.15) is 5.56 Å². The molecule has 28 heavy (non-hydrogen) atoms. The van der Waals surface area contributed by atoms with Crippen molar-refractivity contribution in [3.8, 4) is 11.5 Å². The molecule has 0 spiro atoms. The lowest BCUT2D eigenvalue weighted by molar-refractivity contribution is -0.123. The summed E-state index contributed by atoms with van der Waals surface area (Å²) in [6.45, 7) is 0. The first-order chi connectivity index (χ1) is 13.3. The predicted octanol–water partition coefficient (Wildman–Crippen LogP) is 1.21. The first kappa shape index (κ1) is 19.1. The minimum absolute atomic E-state index is 0.0419. The van der Waals surface area contributed by atoms with Gasteiger partial charge in [0.15, 0.2) is 0 Å². The standard InChI is InChI=1S/C18H14N2O7S/c1-26-12-6-8-14(9-7-12)28(24,25)27-13-4-2-11(3-5-13)10-15-16(21)19-18(23)20-17(15)22/h2-10H,1H3,(H2,19,20,21,22,23). The zero-order valence-electron chi connectivity index (χ0n) is 14.5. The molecule has 0 aromatic heterocycles. The van der Waals surface area contributed by atoms with Crippen LogP contribution in [0, 0.1) is 0 Å². The Morgan fingerprint density at radius 1 is 0.821 bits per heavy atom. The SMILES string of the molecule is COc1ccc(S(=O)(=O)Oc2ccc(C=C3C(=O)NC(=O)NC3=O)cc2)cc1. The lowest BCUT2D eigenvalue weighted by Gasteiger charge is -2.13. The second kappa shape index (κ2) is 7.53. The van der Waals surface area contributed by atoms with Crippen molar-refractivity contribution in [3.05, 3.63) is 59.7 Å². The molecule has 2 N–H and O–H groups in total. The van der Waals surface area contributed by atoms with Crippen molar-refractivity contribution < 1.29 is 31.7 Å². The highest BCUT2D eigenvalue weighted by molar-refractivity contribution is 7.87. The topological polar surface area (TPSA) is 128 Å². The zero-order chi connectivity index (χ0) is 20.3. The summed E-state index contributed by atoms with van der Waals surface area (Å²) >= 11 is 0. The molecule has 144 valence electrons. The molecule has 1 fully saturated rings. The van der Waals surface area contributed by atoms with E-state index in [-0.39, 0.29) is 16.2 Å². The Bertz CT molecular complexity index is 1050. The number of nitrogens with one attached hydrogen (secondary N) is 2. The third kappa shape index (κ3) is 4.18. The highest BCUT2D eigenvalue weighted by atomic mass is 32.2. The Morgan fingerprint density at radius 3 is 1.89 bits per heavy atom. The maximum atomic E-state index is 12.3. The number of hydrogen-bond donors (Lipinski definition) is 2. The van der Waals surface area contributed by atoms with Gasteiger partial charge in [0.05, 0.1) is 7.11 Å². The quantitative estimate of drug-likeness (QED) is 0.437. The smallest absolute Gasteiger partial charge is 0.339 e. The maximum absolute atomic E-state index is 12.3. The molecule has 0 radical (unpaired) electrons. The number of ether oxygens (including phenoxy) is 1. The Labute approximate surface area is 160 Å². The number of carbonyl (C=O) groups excluding carboxylic acids is 3. The van der Waals surface area contributed by atoms with Crippen molar-refractivity contribution in [3.63, 3.8) is 0 Å². The van der Waals surface area contributed by atoms with E-state index < -0.39 is 28.0 Å². The molecular formula is C18H14N2O7S. The summed E-state index contributed by atoms with van der Waals surface area (Å²) < 4.78 is 34.7. The van der Waals surface area contributed by atoms with Gasteiger partial charge in [0.1, 0.15) is 22.0 Å². The number of urea groups is 1. The molecule has 0 bridgehead atoms. The number of hydrogen-bond acceptors (Lipinski definition) is 7. The van der Waals surface area contributed by atoms with Gasteiger partial charge in [-0.05, 0) is 48.0 Å². The van der Waals surface area contributed by atoms with Gasteiger partial charge in [-0.2, -0.15) is 8.42 Å². The van der Waals surface area contributed by atoms with E-state index in [9.17, 15) is 22.8 Å². The van der Waals surface area contributed by atoms with Crippen LogP contribution in [0.2, 0.25) is 0 Å². The molecule has 3 rings (SSSR count). The van der Waals surface area contributed by atoms with Crippen molar-refractivity contribution in [1.29, 1.82) is 0 Å². The van der Waals surface area contributed by atoms with E-state index in [4.69, 9.17) is 8.92 Å². The van der Waals surface area contributed by atoms with Crippen LogP contribution in [0.25, 0.3) is 6.08 Å². The molecule has 2 aromatic rings. The maximum Gasteiger partial charge on any atom is 0.339 e. The van der Waals surface area contributed by atoms with Crippen molar-refractivity contribution in [2.75, 3.05) is 7.11 Å². The van der Waals surface area contributed by atoms with Gasteiger partial charge in [0, 0.05) is 0 Å². The number of rotatable bonds is 5. The average Bonchev–Trinajstić information content (AvgIpc) is 2.66. The molecule has 0 saturated carbocycles. The molecular weight excluding hydrogens is 388 g/mol. The molecule has 0 unspecified atom stereocenters. The van der Waals surface area contributed by atoms with E-state index in [1.54, 1.807) is 0 Å². The molecule has 9 nitrogen and oxygen atoms in total. The summed E-state index contributed by atoms with van der Waals surface area (Å²) in [7, 11) is -2.57. The number of methoxy groups -OCH3 is 1. The summed E-state index contributed by atoms with van der Waals surface area (Å²) in [4.78, 5) is 34.4. The minimum Gasteiger partial charge on any atom is -0.497 e. The first-order valence-electron chi connectivity index (χ1n) is 7.85. The van der Waals surface area contributed by atoms with E-state index in [1.807, 2.05) is 10.6 Å². The van der Waals surface area contributed by atoms with Crippen LogP contribution in [0.4, 0.5) is 4.79 Å². The van der Waals surface area contributed by atoms with Crippen molar-refractivity contribution >= 4 is 34.0 Å². The van der Waals surface area contributed by atoms with Crippen LogP contribution in [-0.2, 0) is 19.7 Å². The van der Waals surface area contributed by atoms with Gasteiger partial charge in [-0.3, -0.25) is 20.2 Å². The second-order valence-corrected chi connectivity index (χ2v) is 7.12. The third-order valence-electron chi connectivity index (χ3n) is 3.69. The predicted molar refractivity (Wildman–Crippen MR) is 96.9 cm³/mol. The van der Waals surface area contributed by atoms with Gasteiger partial charge in [-0.25, -0.2) is 4.79 Å². The fourth-order valence-electron chi connectivity index (χ4n) is 2.31. The van der Waals surface area contributed by atoms with Crippen LogP contribution >= 0.6 is 0 Å². The van der Waals surface area contributed by atoms with Gasteiger partial charge >= 0.3 is 16.1 Å². The lowest BCUT2D eigenvalue weighted by atomic mass is 10.1. The summed E-state index contributed by atoms with van der Waals surface area (Å²) in [6, 6.07) is 10.5. The fraction of sp³-hybridized carbons (Fsp3) is 0.0556. The first-order valence-corrected chi connectivity index (χ1v) is 9.26. The number of benzene rings is 2. The summed E-state index contributed by atoms with van der Waals surface area (Å²) in [6.07, 6.45) is 1.26. The molecule has 0 atom stereocenters. The normalized spacial score (nSPS) is 14.2. The number of imide groups is 2. The lowest BCUT2D eigenvalue weighted by Crippen LogP contribution is -2.51. The number of carbonyl (C=O) groups is 3. The second-order valence-electron chi connectivity index (χ2n) is 5.58. The van der Waals surface area contributed by atoms with Gasteiger partial charge in [0.25, 0.3) is 11.8 Å². The van der Waals surface area contributed by atoms with Crippen molar-refractivity contribution in [2.45, 2.75) is 4.90 Å². The van der Waals surface area contributed by atoms with Crippen molar-refractivity contribution in [2.24, 2.45) is 0 Å². The largest absolute Gasteiger partial charge is 0.497 e. The van der Waals surface area contributed by atoms with E-state index in [2.05, 4.69) is 0 Å². The summed E-state index contributed by atoms with van der Waals surface area (Å²) in [5, 5.41) is 3.92. The van der Waals surface area contributed by atoms with Gasteiger partial charge in [-0.1, -0.05) is 12.1 Å². The third-order valence-corrected chi connectivity index (χ3v) is 4.95. The van der Waals surface area contributed by atoms with Gasteiger partial charge in [-0.15, -0.1) is 0 Å². The fourth-order valence-corrected chi connectivity index (χ4v) is 3.24. The minimum atomic E-state index is -4.04. The Morgan fingerprint density at radius 2 is 1.36 bits per heavy atom. The number of amides is 4. The summed E-state index contributed by atoms with van der Waals surface area (Å²) in [5.74, 6) is -1.09.